The zero-order valence-electron chi connectivity index (χ0n) is 22.5. The maximum atomic E-state index is 13.8. The fourth-order valence-electron chi connectivity index (χ4n) is 5.90. The molecule has 1 aromatic carbocycles. The van der Waals surface area contributed by atoms with Crippen LogP contribution >= 0.6 is 0 Å². The first-order valence-corrected chi connectivity index (χ1v) is 13.4. The molecule has 6 heteroatoms. The molecule has 2 aliphatic rings. The second-order valence-corrected chi connectivity index (χ2v) is 10.5. The number of benzene rings is 1. The van der Waals surface area contributed by atoms with E-state index in [1.807, 2.05) is 24.3 Å². The summed E-state index contributed by atoms with van der Waals surface area (Å²) in [5, 5.41) is 0. The first kappa shape index (κ1) is 26.8. The molecule has 196 valence electrons. The highest BCUT2D eigenvalue weighted by molar-refractivity contribution is 6.16. The van der Waals surface area contributed by atoms with Crippen LogP contribution in [-0.4, -0.2) is 49.0 Å². The lowest BCUT2D eigenvalue weighted by Crippen LogP contribution is -2.25. The molecule has 0 bridgehead atoms. The van der Waals surface area contributed by atoms with Gasteiger partial charge in [0.05, 0.1) is 18.7 Å². The number of ketones is 1. The highest BCUT2D eigenvalue weighted by Crippen LogP contribution is 2.39. The maximum Gasteiger partial charge on any atom is 0.224 e. The van der Waals surface area contributed by atoms with Crippen molar-refractivity contribution in [2.45, 2.75) is 64.5 Å². The van der Waals surface area contributed by atoms with Crippen LogP contribution in [0.1, 0.15) is 73.9 Å². The summed E-state index contributed by atoms with van der Waals surface area (Å²) in [6.45, 7) is 11.2. The number of methoxy groups -OCH3 is 1. The SMILES string of the molecule is C=Cc1c(OC)ccnc1OC1CCC(C)C(CC(=O)c2ccccc2C2CN=CC=NC2C)C(C)C1. The van der Waals surface area contributed by atoms with Gasteiger partial charge >= 0.3 is 0 Å². The first-order valence-electron chi connectivity index (χ1n) is 13.4. The summed E-state index contributed by atoms with van der Waals surface area (Å²) in [6.07, 6.45) is 10.3. The van der Waals surface area contributed by atoms with Crippen molar-refractivity contribution in [1.82, 2.24) is 4.98 Å². The predicted octanol–water partition coefficient (Wildman–Crippen LogP) is 6.45. The van der Waals surface area contributed by atoms with Gasteiger partial charge in [-0.25, -0.2) is 4.98 Å². The zero-order chi connectivity index (χ0) is 26.4. The number of aromatic nitrogens is 1. The Morgan fingerprint density at radius 3 is 2.70 bits per heavy atom. The van der Waals surface area contributed by atoms with E-state index in [0.717, 1.165) is 36.0 Å². The van der Waals surface area contributed by atoms with E-state index >= 15 is 0 Å². The fraction of sp³-hybridized carbons (Fsp3) is 0.484. The summed E-state index contributed by atoms with van der Waals surface area (Å²) >= 11 is 0. The van der Waals surface area contributed by atoms with E-state index < -0.39 is 0 Å². The molecular formula is C31H39N3O3. The summed E-state index contributed by atoms with van der Waals surface area (Å²) in [6, 6.07) is 9.93. The van der Waals surface area contributed by atoms with Gasteiger partial charge in [0, 0.05) is 43.1 Å². The smallest absolute Gasteiger partial charge is 0.224 e. The van der Waals surface area contributed by atoms with Gasteiger partial charge in [-0.15, -0.1) is 0 Å². The van der Waals surface area contributed by atoms with E-state index in [4.69, 9.17) is 9.47 Å². The zero-order valence-corrected chi connectivity index (χ0v) is 22.5. The topological polar surface area (TPSA) is 73.1 Å². The van der Waals surface area contributed by atoms with Gasteiger partial charge in [0.25, 0.3) is 0 Å². The average molecular weight is 502 g/mol. The number of pyridine rings is 1. The van der Waals surface area contributed by atoms with Crippen molar-refractivity contribution in [3.8, 4) is 11.6 Å². The van der Waals surface area contributed by atoms with Crippen molar-refractivity contribution < 1.29 is 14.3 Å². The van der Waals surface area contributed by atoms with Crippen LogP contribution in [0.4, 0.5) is 0 Å². The number of hydrogen-bond acceptors (Lipinski definition) is 6. The lowest BCUT2D eigenvalue weighted by atomic mass is 9.77. The number of Topliss-reactive ketones (excluding diaryl/α,β-unsaturated/α-hetero) is 1. The Morgan fingerprint density at radius 2 is 1.92 bits per heavy atom. The van der Waals surface area contributed by atoms with Crippen LogP contribution in [0.3, 0.4) is 0 Å². The third-order valence-corrected chi connectivity index (χ3v) is 8.12. The highest BCUT2D eigenvalue weighted by atomic mass is 16.5. The summed E-state index contributed by atoms with van der Waals surface area (Å²) in [7, 11) is 1.64. The van der Waals surface area contributed by atoms with Gasteiger partial charge in [-0.3, -0.25) is 14.8 Å². The minimum absolute atomic E-state index is 0.0331. The van der Waals surface area contributed by atoms with E-state index in [2.05, 4.69) is 48.4 Å². The first-order chi connectivity index (χ1) is 17.9. The number of rotatable bonds is 8. The van der Waals surface area contributed by atoms with E-state index in [9.17, 15) is 4.79 Å². The van der Waals surface area contributed by atoms with Gasteiger partial charge in [0.2, 0.25) is 5.88 Å². The quantitative estimate of drug-likeness (QED) is 0.308. The van der Waals surface area contributed by atoms with Gasteiger partial charge < -0.3 is 9.47 Å². The van der Waals surface area contributed by atoms with Gasteiger partial charge in [-0.2, -0.15) is 0 Å². The van der Waals surface area contributed by atoms with Crippen molar-refractivity contribution in [2.75, 3.05) is 13.7 Å². The van der Waals surface area contributed by atoms with E-state index in [1.165, 1.54) is 0 Å². The molecule has 1 aromatic heterocycles. The highest BCUT2D eigenvalue weighted by Gasteiger charge is 2.34. The Hall–Kier alpha value is -3.28. The largest absolute Gasteiger partial charge is 0.496 e. The van der Waals surface area contributed by atoms with Crippen molar-refractivity contribution in [2.24, 2.45) is 27.7 Å². The van der Waals surface area contributed by atoms with Gasteiger partial charge in [0.15, 0.2) is 5.78 Å². The molecular weight excluding hydrogens is 462 g/mol. The second-order valence-electron chi connectivity index (χ2n) is 10.5. The molecule has 4 rings (SSSR count). The molecule has 6 atom stereocenters. The number of ether oxygens (including phenoxy) is 2. The van der Waals surface area contributed by atoms with Gasteiger partial charge in [-0.1, -0.05) is 50.8 Å². The van der Waals surface area contributed by atoms with Crippen LogP contribution in [-0.2, 0) is 0 Å². The van der Waals surface area contributed by atoms with Crippen LogP contribution in [0.2, 0.25) is 0 Å². The summed E-state index contributed by atoms with van der Waals surface area (Å²) in [5.41, 5.74) is 2.66. The third-order valence-electron chi connectivity index (χ3n) is 8.12. The molecule has 0 saturated heterocycles. The molecule has 1 aliphatic carbocycles. The third kappa shape index (κ3) is 6.17. The van der Waals surface area contributed by atoms with Crippen molar-refractivity contribution in [3.05, 3.63) is 59.8 Å². The standard InChI is InChI=1S/C31H39N3O3/c1-6-24-30(36-5)13-14-34-31(24)37-23-12-11-20(2)27(21(3)17-23)18-29(35)26-10-8-7-9-25(26)28-19-32-15-16-33-22(28)4/h6-10,13-16,20-23,27-28H,1,11-12,17-19H2,2-5H3. The second kappa shape index (κ2) is 12.3. The van der Waals surface area contributed by atoms with Crippen molar-refractivity contribution in [3.63, 3.8) is 0 Å². The molecule has 2 aromatic rings. The van der Waals surface area contributed by atoms with E-state index in [1.54, 1.807) is 31.8 Å². The molecule has 6 unspecified atom stereocenters. The van der Waals surface area contributed by atoms with Crippen LogP contribution in [0.25, 0.3) is 6.08 Å². The number of hydrogen-bond donors (Lipinski definition) is 0. The lowest BCUT2D eigenvalue weighted by Gasteiger charge is -2.28. The molecule has 1 aliphatic heterocycles. The molecule has 1 fully saturated rings. The van der Waals surface area contributed by atoms with Gasteiger partial charge in [0.1, 0.15) is 11.9 Å². The van der Waals surface area contributed by atoms with E-state index in [-0.39, 0.29) is 29.8 Å². The minimum atomic E-state index is 0.0331. The van der Waals surface area contributed by atoms with Gasteiger partial charge in [-0.05, 0) is 55.6 Å². The molecule has 2 heterocycles. The Kier molecular flexibility index (Phi) is 8.91. The molecule has 0 spiro atoms. The molecule has 0 radical (unpaired) electrons. The van der Waals surface area contributed by atoms with Crippen LogP contribution in [0.15, 0.2) is 53.1 Å². The summed E-state index contributed by atoms with van der Waals surface area (Å²) in [5.74, 6) is 2.62. The molecule has 0 amide bonds. The molecule has 37 heavy (non-hydrogen) atoms. The Balaban J connectivity index is 1.49. The number of aliphatic imine (C=N–C) groups is 2. The normalized spacial score (nSPS) is 27.7. The van der Waals surface area contributed by atoms with Crippen LogP contribution < -0.4 is 9.47 Å². The monoisotopic (exact) mass is 501 g/mol. The predicted molar refractivity (Wildman–Crippen MR) is 150 cm³/mol. The Bertz CT molecular complexity index is 1160. The summed E-state index contributed by atoms with van der Waals surface area (Å²) in [4.78, 5) is 27.3. The van der Waals surface area contributed by atoms with Crippen molar-refractivity contribution >= 4 is 24.3 Å². The summed E-state index contributed by atoms with van der Waals surface area (Å²) < 4.78 is 11.9. The maximum absolute atomic E-state index is 13.8. The lowest BCUT2D eigenvalue weighted by molar-refractivity contribution is 0.0909. The number of carbonyl (C=O) groups excluding carboxylic acids is 1. The number of nitrogens with zero attached hydrogens (tertiary/aromatic N) is 3. The minimum Gasteiger partial charge on any atom is -0.496 e. The van der Waals surface area contributed by atoms with Crippen LogP contribution in [0, 0.1) is 17.8 Å². The Labute approximate surface area is 220 Å². The Morgan fingerprint density at radius 1 is 1.11 bits per heavy atom. The molecule has 1 saturated carbocycles. The molecule has 0 N–H and O–H groups in total. The fourth-order valence-corrected chi connectivity index (χ4v) is 5.90. The van der Waals surface area contributed by atoms with Crippen molar-refractivity contribution in [1.29, 1.82) is 0 Å². The number of carbonyl (C=O) groups is 1. The van der Waals surface area contributed by atoms with Crippen LogP contribution in [0.5, 0.6) is 11.6 Å². The molecule has 6 nitrogen and oxygen atoms in total. The average Bonchev–Trinajstić information content (AvgIpc) is 3.20. The van der Waals surface area contributed by atoms with E-state index in [0.29, 0.717) is 36.4 Å².